The van der Waals surface area contributed by atoms with Crippen LogP contribution in [0.5, 0.6) is 0 Å². The highest BCUT2D eigenvalue weighted by atomic mass is 19.1. The van der Waals surface area contributed by atoms with Crippen molar-refractivity contribution >= 4 is 34.7 Å². The molecule has 1 saturated carbocycles. The van der Waals surface area contributed by atoms with E-state index in [1.807, 2.05) is 13.8 Å². The molecule has 2 heterocycles. The van der Waals surface area contributed by atoms with Gasteiger partial charge in [-0.05, 0) is 80.8 Å². The van der Waals surface area contributed by atoms with Gasteiger partial charge in [-0.2, -0.15) is 0 Å². The number of benzene rings is 2. The van der Waals surface area contributed by atoms with Crippen LogP contribution in [0, 0.1) is 18.7 Å². The van der Waals surface area contributed by atoms with E-state index in [-0.39, 0.29) is 35.9 Å². The summed E-state index contributed by atoms with van der Waals surface area (Å²) >= 11 is 0. The summed E-state index contributed by atoms with van der Waals surface area (Å²) in [6.07, 6.45) is 8.14. The van der Waals surface area contributed by atoms with Gasteiger partial charge in [-0.1, -0.05) is 42.0 Å². The van der Waals surface area contributed by atoms with E-state index >= 15 is 0 Å². The zero-order chi connectivity index (χ0) is 27.5. The number of aromatic nitrogens is 1. The van der Waals surface area contributed by atoms with Crippen LogP contribution in [-0.4, -0.2) is 46.7 Å². The van der Waals surface area contributed by atoms with Crippen LogP contribution in [0.1, 0.15) is 65.8 Å². The van der Waals surface area contributed by atoms with Crippen molar-refractivity contribution in [2.45, 2.75) is 51.6 Å². The number of amides is 3. The molecule has 0 bridgehead atoms. The Hall–Kier alpha value is -4.07. The Bertz CT molecular complexity index is 1450. The predicted octanol–water partition coefficient (Wildman–Crippen LogP) is 4.70. The second-order valence-corrected chi connectivity index (χ2v) is 10.5. The maximum absolute atomic E-state index is 13.4. The first-order valence-corrected chi connectivity index (χ1v) is 13.5. The standard InChI is InChI=1S/C31H33FN4O3/c1-19-5-9-22(10-8-21-6-7-21)25(16-19)20(2)34-31(39)28-4-3-15-36(28)29(37)18-33-30(38)27-13-11-23-17-24(32)12-14-26(23)35-27/h5,8-14,16-17,20-21,28H,3-4,6-7,15,18H2,1-2H3,(H,33,38)(H,34,39)/b10-8+. The molecule has 39 heavy (non-hydrogen) atoms. The Morgan fingerprint density at radius 2 is 1.92 bits per heavy atom. The van der Waals surface area contributed by atoms with E-state index in [0.29, 0.717) is 29.8 Å². The Labute approximate surface area is 227 Å². The normalized spacial score (nSPS) is 17.9. The summed E-state index contributed by atoms with van der Waals surface area (Å²) in [5.74, 6) is -0.740. The molecule has 0 spiro atoms. The molecule has 0 radical (unpaired) electrons. The minimum atomic E-state index is -0.583. The fourth-order valence-electron chi connectivity index (χ4n) is 5.05. The van der Waals surface area contributed by atoms with Crippen LogP contribution in [0.3, 0.4) is 0 Å². The maximum Gasteiger partial charge on any atom is 0.270 e. The van der Waals surface area contributed by atoms with Gasteiger partial charge in [0.2, 0.25) is 11.8 Å². The number of rotatable bonds is 8. The third-order valence-corrected chi connectivity index (χ3v) is 7.40. The zero-order valence-electron chi connectivity index (χ0n) is 22.2. The van der Waals surface area contributed by atoms with E-state index in [1.165, 1.54) is 37.1 Å². The monoisotopic (exact) mass is 528 g/mol. The average molecular weight is 529 g/mol. The molecular formula is C31H33FN4O3. The number of nitrogens with one attached hydrogen (secondary N) is 2. The summed E-state index contributed by atoms with van der Waals surface area (Å²) in [6, 6.07) is 12.7. The van der Waals surface area contributed by atoms with E-state index in [4.69, 9.17) is 0 Å². The van der Waals surface area contributed by atoms with Crippen LogP contribution in [0.4, 0.5) is 4.39 Å². The molecule has 2 fully saturated rings. The van der Waals surface area contributed by atoms with Gasteiger partial charge in [0, 0.05) is 11.9 Å². The number of carbonyl (C=O) groups excluding carboxylic acids is 3. The summed E-state index contributed by atoms with van der Waals surface area (Å²) < 4.78 is 13.4. The summed E-state index contributed by atoms with van der Waals surface area (Å²) in [6.45, 7) is 4.22. The lowest BCUT2D eigenvalue weighted by Gasteiger charge is -2.26. The lowest BCUT2D eigenvalue weighted by Crippen LogP contribution is -2.49. The fourth-order valence-corrected chi connectivity index (χ4v) is 5.05. The molecule has 8 heteroatoms. The first-order chi connectivity index (χ1) is 18.8. The number of carbonyl (C=O) groups is 3. The van der Waals surface area contributed by atoms with E-state index < -0.39 is 11.9 Å². The van der Waals surface area contributed by atoms with Gasteiger partial charge in [0.15, 0.2) is 0 Å². The number of hydrogen-bond acceptors (Lipinski definition) is 4. The van der Waals surface area contributed by atoms with Crippen molar-refractivity contribution in [3.05, 3.63) is 82.8 Å². The molecule has 7 nitrogen and oxygen atoms in total. The van der Waals surface area contributed by atoms with Crippen molar-refractivity contribution in [1.82, 2.24) is 20.5 Å². The van der Waals surface area contributed by atoms with Gasteiger partial charge in [0.25, 0.3) is 5.91 Å². The third-order valence-electron chi connectivity index (χ3n) is 7.40. The number of pyridine rings is 1. The second-order valence-electron chi connectivity index (χ2n) is 10.5. The van der Waals surface area contributed by atoms with Crippen molar-refractivity contribution in [2.24, 2.45) is 5.92 Å². The molecule has 1 aliphatic carbocycles. The van der Waals surface area contributed by atoms with Crippen molar-refractivity contribution in [2.75, 3.05) is 13.1 Å². The number of allylic oxidation sites excluding steroid dienone is 1. The number of nitrogens with zero attached hydrogens (tertiary/aromatic N) is 2. The minimum Gasteiger partial charge on any atom is -0.348 e. The van der Waals surface area contributed by atoms with E-state index in [2.05, 4.69) is 46.0 Å². The van der Waals surface area contributed by atoms with Crippen LogP contribution in [0.25, 0.3) is 17.0 Å². The van der Waals surface area contributed by atoms with Crippen LogP contribution in [-0.2, 0) is 9.59 Å². The Morgan fingerprint density at radius 1 is 1.10 bits per heavy atom. The quantitative estimate of drug-likeness (QED) is 0.443. The van der Waals surface area contributed by atoms with E-state index in [1.54, 1.807) is 11.0 Å². The molecule has 5 rings (SSSR count). The van der Waals surface area contributed by atoms with Crippen LogP contribution >= 0.6 is 0 Å². The highest BCUT2D eigenvalue weighted by molar-refractivity contribution is 5.97. The lowest BCUT2D eigenvalue weighted by molar-refractivity contribution is -0.137. The Kier molecular flexibility index (Phi) is 7.72. The molecule has 3 amide bonds. The fraction of sp³-hybridized carbons (Fsp3) is 0.355. The molecule has 1 aromatic heterocycles. The van der Waals surface area contributed by atoms with Gasteiger partial charge < -0.3 is 15.5 Å². The van der Waals surface area contributed by atoms with Gasteiger partial charge in [0.05, 0.1) is 18.1 Å². The Balaban J connectivity index is 1.20. The molecule has 202 valence electrons. The van der Waals surface area contributed by atoms with Crippen LogP contribution in [0.15, 0.2) is 54.6 Å². The maximum atomic E-state index is 13.4. The summed E-state index contributed by atoms with van der Waals surface area (Å²) in [4.78, 5) is 44.7. The van der Waals surface area contributed by atoms with Crippen LogP contribution in [0.2, 0.25) is 0 Å². The van der Waals surface area contributed by atoms with Crippen molar-refractivity contribution in [3.63, 3.8) is 0 Å². The van der Waals surface area contributed by atoms with Crippen molar-refractivity contribution < 1.29 is 18.8 Å². The third kappa shape index (κ3) is 6.33. The largest absolute Gasteiger partial charge is 0.348 e. The van der Waals surface area contributed by atoms with Gasteiger partial charge in [-0.3, -0.25) is 14.4 Å². The predicted molar refractivity (Wildman–Crippen MR) is 148 cm³/mol. The number of likely N-dealkylation sites (tertiary alicyclic amines) is 1. The smallest absolute Gasteiger partial charge is 0.270 e. The van der Waals surface area contributed by atoms with Crippen LogP contribution < -0.4 is 10.6 Å². The van der Waals surface area contributed by atoms with Crippen molar-refractivity contribution in [1.29, 1.82) is 0 Å². The topological polar surface area (TPSA) is 91.4 Å². The van der Waals surface area contributed by atoms with Gasteiger partial charge in [-0.15, -0.1) is 0 Å². The molecule has 3 aromatic rings. The SMILES string of the molecule is Cc1ccc(/C=C/C2CC2)c(C(C)NC(=O)C2CCCN2C(=O)CNC(=O)c2ccc3cc(F)ccc3n2)c1. The van der Waals surface area contributed by atoms with Crippen molar-refractivity contribution in [3.8, 4) is 0 Å². The van der Waals surface area contributed by atoms with E-state index in [9.17, 15) is 18.8 Å². The molecule has 1 aliphatic heterocycles. The molecule has 2 aromatic carbocycles. The van der Waals surface area contributed by atoms with E-state index in [0.717, 1.165) is 23.1 Å². The number of aryl methyl sites for hydroxylation is 1. The zero-order valence-corrected chi connectivity index (χ0v) is 22.2. The minimum absolute atomic E-state index is 0.135. The Morgan fingerprint density at radius 3 is 2.72 bits per heavy atom. The molecular weight excluding hydrogens is 495 g/mol. The highest BCUT2D eigenvalue weighted by Crippen LogP contribution is 2.32. The lowest BCUT2D eigenvalue weighted by atomic mass is 9.98. The number of fused-ring (bicyclic) bond motifs is 1. The number of halogens is 1. The summed E-state index contributed by atoms with van der Waals surface area (Å²) in [5.41, 5.74) is 3.89. The molecule has 2 N–H and O–H groups in total. The molecule has 2 atom stereocenters. The summed E-state index contributed by atoms with van der Waals surface area (Å²) in [5, 5.41) is 6.31. The summed E-state index contributed by atoms with van der Waals surface area (Å²) in [7, 11) is 0. The second kappa shape index (κ2) is 11.4. The molecule has 2 aliphatic rings. The number of hydrogen-bond donors (Lipinski definition) is 2. The molecule has 1 saturated heterocycles. The molecule has 2 unspecified atom stereocenters. The van der Waals surface area contributed by atoms with Gasteiger partial charge >= 0.3 is 0 Å². The first-order valence-electron chi connectivity index (χ1n) is 13.5. The average Bonchev–Trinajstić information content (AvgIpc) is 3.62. The van der Waals surface area contributed by atoms with Gasteiger partial charge in [-0.25, -0.2) is 9.37 Å². The first kappa shape index (κ1) is 26.5. The highest BCUT2D eigenvalue weighted by Gasteiger charge is 2.34. The van der Waals surface area contributed by atoms with Gasteiger partial charge in [0.1, 0.15) is 17.6 Å².